The monoisotopic (exact) mass is 257 g/mol. The number of methoxy groups -OCH3 is 1. The lowest BCUT2D eigenvalue weighted by Gasteiger charge is -2.22. The van der Waals surface area contributed by atoms with Crippen LogP contribution in [0.4, 0.5) is 13.2 Å². The van der Waals surface area contributed by atoms with E-state index in [-0.39, 0.29) is 25.1 Å². The molecule has 0 fully saturated rings. The van der Waals surface area contributed by atoms with Crippen molar-refractivity contribution in [1.82, 2.24) is 5.32 Å². The molecule has 104 valence electrons. The van der Waals surface area contributed by atoms with Crippen LogP contribution in [0.2, 0.25) is 0 Å². The number of aliphatic hydroxyl groups is 1. The van der Waals surface area contributed by atoms with E-state index in [0.717, 1.165) is 0 Å². The zero-order chi connectivity index (χ0) is 13.3. The SMILES string of the molecule is COCC(CCO)NC(C)CCCC(F)(F)F. The summed E-state index contributed by atoms with van der Waals surface area (Å²) in [5, 5.41) is 12.0. The molecule has 0 amide bonds. The second-order valence-electron chi connectivity index (χ2n) is 4.24. The van der Waals surface area contributed by atoms with E-state index in [4.69, 9.17) is 9.84 Å². The van der Waals surface area contributed by atoms with Gasteiger partial charge in [-0.15, -0.1) is 0 Å². The molecule has 0 aromatic carbocycles. The maximum atomic E-state index is 11.9. The molecule has 0 spiro atoms. The highest BCUT2D eigenvalue weighted by molar-refractivity contribution is 4.71. The molecular formula is C11H22F3NO2. The fourth-order valence-electron chi connectivity index (χ4n) is 1.67. The summed E-state index contributed by atoms with van der Waals surface area (Å²) in [5.41, 5.74) is 0. The molecule has 6 heteroatoms. The van der Waals surface area contributed by atoms with E-state index in [2.05, 4.69) is 5.32 Å². The van der Waals surface area contributed by atoms with Gasteiger partial charge in [-0.2, -0.15) is 13.2 Å². The maximum absolute atomic E-state index is 11.9. The molecule has 17 heavy (non-hydrogen) atoms. The molecule has 0 aliphatic rings. The highest BCUT2D eigenvalue weighted by Crippen LogP contribution is 2.22. The van der Waals surface area contributed by atoms with E-state index < -0.39 is 12.6 Å². The van der Waals surface area contributed by atoms with Gasteiger partial charge >= 0.3 is 6.18 Å². The number of rotatable bonds is 9. The zero-order valence-corrected chi connectivity index (χ0v) is 10.4. The molecule has 2 atom stereocenters. The molecule has 0 radical (unpaired) electrons. The van der Waals surface area contributed by atoms with E-state index in [9.17, 15) is 13.2 Å². The first-order chi connectivity index (χ1) is 7.89. The molecule has 2 unspecified atom stereocenters. The average Bonchev–Trinajstić information content (AvgIpc) is 2.16. The predicted octanol–water partition coefficient (Wildman–Crippen LogP) is 2.09. The fraction of sp³-hybridized carbons (Fsp3) is 1.00. The van der Waals surface area contributed by atoms with Crippen LogP contribution in [-0.4, -0.2) is 43.7 Å². The molecule has 0 bridgehead atoms. The summed E-state index contributed by atoms with van der Waals surface area (Å²) in [5.74, 6) is 0. The molecule has 0 aliphatic heterocycles. The summed E-state index contributed by atoms with van der Waals surface area (Å²) in [4.78, 5) is 0. The van der Waals surface area contributed by atoms with E-state index in [1.165, 1.54) is 0 Å². The van der Waals surface area contributed by atoms with Crippen LogP contribution in [0.25, 0.3) is 0 Å². The molecule has 0 aromatic rings. The third-order valence-corrected chi connectivity index (χ3v) is 2.46. The van der Waals surface area contributed by atoms with Gasteiger partial charge in [0, 0.05) is 32.2 Å². The molecule has 2 N–H and O–H groups in total. The minimum Gasteiger partial charge on any atom is -0.396 e. The van der Waals surface area contributed by atoms with Crippen LogP contribution in [0.15, 0.2) is 0 Å². The Morgan fingerprint density at radius 3 is 2.41 bits per heavy atom. The Morgan fingerprint density at radius 1 is 1.29 bits per heavy atom. The average molecular weight is 257 g/mol. The van der Waals surface area contributed by atoms with Crippen molar-refractivity contribution in [3.8, 4) is 0 Å². The van der Waals surface area contributed by atoms with Gasteiger partial charge in [0.15, 0.2) is 0 Å². The predicted molar refractivity (Wildman–Crippen MR) is 59.9 cm³/mol. The van der Waals surface area contributed by atoms with E-state index >= 15 is 0 Å². The Labute approximate surface area is 100 Å². The normalized spacial score (nSPS) is 15.9. The van der Waals surface area contributed by atoms with Crippen molar-refractivity contribution in [1.29, 1.82) is 0 Å². The topological polar surface area (TPSA) is 41.5 Å². The number of alkyl halides is 3. The quantitative estimate of drug-likeness (QED) is 0.664. The van der Waals surface area contributed by atoms with E-state index in [0.29, 0.717) is 19.4 Å². The fourth-order valence-corrected chi connectivity index (χ4v) is 1.67. The molecule has 0 heterocycles. The lowest BCUT2D eigenvalue weighted by molar-refractivity contribution is -0.135. The number of nitrogens with one attached hydrogen (secondary N) is 1. The summed E-state index contributed by atoms with van der Waals surface area (Å²) in [6.07, 6.45) is -3.69. The van der Waals surface area contributed by atoms with Crippen molar-refractivity contribution in [2.75, 3.05) is 20.3 Å². The molecular weight excluding hydrogens is 235 g/mol. The smallest absolute Gasteiger partial charge is 0.389 e. The molecule has 0 saturated heterocycles. The number of halogens is 3. The zero-order valence-electron chi connectivity index (χ0n) is 10.4. The highest BCUT2D eigenvalue weighted by atomic mass is 19.4. The van der Waals surface area contributed by atoms with Gasteiger partial charge in [-0.25, -0.2) is 0 Å². The number of aliphatic hydroxyl groups excluding tert-OH is 1. The molecule has 0 rings (SSSR count). The third-order valence-electron chi connectivity index (χ3n) is 2.46. The largest absolute Gasteiger partial charge is 0.396 e. The van der Waals surface area contributed by atoms with Crippen molar-refractivity contribution < 1.29 is 23.0 Å². The first kappa shape index (κ1) is 16.7. The second-order valence-corrected chi connectivity index (χ2v) is 4.24. The highest BCUT2D eigenvalue weighted by Gasteiger charge is 2.26. The maximum Gasteiger partial charge on any atom is 0.389 e. The van der Waals surface area contributed by atoms with Crippen LogP contribution >= 0.6 is 0 Å². The Bertz CT molecular complexity index is 182. The lowest BCUT2D eigenvalue weighted by Crippen LogP contribution is -2.40. The van der Waals surface area contributed by atoms with Crippen LogP contribution in [-0.2, 0) is 4.74 Å². The summed E-state index contributed by atoms with van der Waals surface area (Å²) < 4.78 is 40.8. The number of hydrogen-bond donors (Lipinski definition) is 2. The van der Waals surface area contributed by atoms with Crippen LogP contribution in [0.1, 0.15) is 32.6 Å². The third kappa shape index (κ3) is 10.5. The number of ether oxygens (including phenoxy) is 1. The summed E-state index contributed by atoms with van der Waals surface area (Å²) >= 11 is 0. The van der Waals surface area contributed by atoms with Crippen molar-refractivity contribution in [3.05, 3.63) is 0 Å². The van der Waals surface area contributed by atoms with Crippen LogP contribution < -0.4 is 5.32 Å². The Kier molecular flexibility index (Phi) is 8.55. The van der Waals surface area contributed by atoms with Gasteiger partial charge in [-0.1, -0.05) is 0 Å². The Morgan fingerprint density at radius 2 is 1.94 bits per heavy atom. The standard InChI is InChI=1S/C11H22F3NO2/c1-9(4-3-6-11(12,13)14)15-10(5-7-16)8-17-2/h9-10,15-16H,3-8H2,1-2H3. The van der Waals surface area contributed by atoms with Gasteiger partial charge in [0.2, 0.25) is 0 Å². The second kappa shape index (κ2) is 8.72. The van der Waals surface area contributed by atoms with Gasteiger partial charge in [-0.05, 0) is 26.2 Å². The minimum absolute atomic E-state index is 0.00844. The van der Waals surface area contributed by atoms with Crippen LogP contribution in [0, 0.1) is 0 Å². The van der Waals surface area contributed by atoms with Gasteiger partial charge < -0.3 is 15.2 Å². The van der Waals surface area contributed by atoms with Crippen molar-refractivity contribution in [3.63, 3.8) is 0 Å². The summed E-state index contributed by atoms with van der Waals surface area (Å²) in [6, 6.07) is -0.0186. The van der Waals surface area contributed by atoms with Gasteiger partial charge in [0.25, 0.3) is 0 Å². The van der Waals surface area contributed by atoms with Gasteiger partial charge in [0.1, 0.15) is 0 Å². The first-order valence-corrected chi connectivity index (χ1v) is 5.81. The van der Waals surface area contributed by atoms with Crippen molar-refractivity contribution >= 4 is 0 Å². The van der Waals surface area contributed by atoms with Crippen LogP contribution in [0.3, 0.4) is 0 Å². The molecule has 3 nitrogen and oxygen atoms in total. The van der Waals surface area contributed by atoms with Crippen molar-refractivity contribution in [2.45, 2.75) is 50.9 Å². The summed E-state index contributed by atoms with van der Waals surface area (Å²) in [6.45, 7) is 2.33. The Hall–Kier alpha value is -0.330. The number of hydrogen-bond acceptors (Lipinski definition) is 3. The Balaban J connectivity index is 3.77. The van der Waals surface area contributed by atoms with Gasteiger partial charge in [-0.3, -0.25) is 0 Å². The van der Waals surface area contributed by atoms with E-state index in [1.807, 2.05) is 6.92 Å². The van der Waals surface area contributed by atoms with E-state index in [1.54, 1.807) is 7.11 Å². The van der Waals surface area contributed by atoms with Crippen molar-refractivity contribution in [2.24, 2.45) is 0 Å². The molecule has 0 saturated carbocycles. The lowest BCUT2D eigenvalue weighted by atomic mass is 10.1. The molecule has 0 aliphatic carbocycles. The van der Waals surface area contributed by atoms with Crippen LogP contribution in [0.5, 0.6) is 0 Å². The first-order valence-electron chi connectivity index (χ1n) is 5.81. The summed E-state index contributed by atoms with van der Waals surface area (Å²) in [7, 11) is 1.56. The molecule has 0 aromatic heterocycles. The minimum atomic E-state index is -4.07. The van der Waals surface area contributed by atoms with Gasteiger partial charge in [0.05, 0.1) is 6.61 Å².